The van der Waals surface area contributed by atoms with Gasteiger partial charge in [-0.15, -0.1) is 5.10 Å². The lowest BCUT2D eigenvalue weighted by molar-refractivity contribution is -0.114. The number of nitrogens with one attached hydrogen (secondary N) is 2. The van der Waals surface area contributed by atoms with Crippen LogP contribution >= 0.6 is 0 Å². The monoisotopic (exact) mass is 739 g/mol. The molecular weight excluding hydrogens is 699 g/mol. The summed E-state index contributed by atoms with van der Waals surface area (Å²) in [6, 6.07) is 53.0. The average Bonchev–Trinajstić information content (AvgIpc) is 3.75. The highest BCUT2D eigenvalue weighted by Crippen LogP contribution is 2.43. The van der Waals surface area contributed by atoms with Gasteiger partial charge in [0.15, 0.2) is 5.82 Å². The highest BCUT2D eigenvalue weighted by molar-refractivity contribution is 5.98. The highest BCUT2D eigenvalue weighted by atomic mass is 16.5. The summed E-state index contributed by atoms with van der Waals surface area (Å²) in [7, 11) is 0. The van der Waals surface area contributed by atoms with Crippen molar-refractivity contribution in [2.45, 2.75) is 19.0 Å². The second kappa shape index (κ2) is 16.2. The van der Waals surface area contributed by atoms with E-state index in [2.05, 4.69) is 88.6 Å². The van der Waals surface area contributed by atoms with Gasteiger partial charge in [-0.3, -0.25) is 9.59 Å². The quantitative estimate of drug-likeness (QED) is 0.130. The molecule has 2 amide bonds. The minimum Gasteiger partial charge on any atom is -0.379 e. The van der Waals surface area contributed by atoms with Crippen LogP contribution in [0.5, 0.6) is 0 Å². The first-order valence-electron chi connectivity index (χ1n) is 18.7. The number of rotatable bonds is 11. The molecule has 1 aliphatic heterocycles. The maximum Gasteiger partial charge on any atom is 0.254 e. The molecule has 2 heterocycles. The number of carbonyl (C=O) groups excluding carboxylic acids is 2. The van der Waals surface area contributed by atoms with Crippen molar-refractivity contribution < 1.29 is 14.3 Å². The van der Waals surface area contributed by atoms with Crippen molar-refractivity contribution in [3.8, 4) is 22.5 Å². The van der Waals surface area contributed by atoms with E-state index in [1.54, 1.807) is 23.1 Å². The number of tetrazole rings is 1. The third kappa shape index (κ3) is 7.17. The van der Waals surface area contributed by atoms with Crippen molar-refractivity contribution in [2.24, 2.45) is 0 Å². The Morgan fingerprint density at radius 3 is 1.84 bits per heavy atom. The molecule has 56 heavy (non-hydrogen) atoms. The Labute approximate surface area is 325 Å². The van der Waals surface area contributed by atoms with Crippen LogP contribution in [-0.2, 0) is 21.6 Å². The number of ether oxygens (including phenoxy) is 1. The molecule has 0 radical (unpaired) electrons. The van der Waals surface area contributed by atoms with E-state index in [-0.39, 0.29) is 11.8 Å². The van der Waals surface area contributed by atoms with Crippen molar-refractivity contribution in [3.63, 3.8) is 0 Å². The summed E-state index contributed by atoms with van der Waals surface area (Å²) in [4.78, 5) is 27.1. The van der Waals surface area contributed by atoms with Crippen molar-refractivity contribution in [1.82, 2.24) is 25.1 Å². The van der Waals surface area contributed by atoms with E-state index in [1.165, 1.54) is 6.92 Å². The molecule has 0 saturated carbocycles. The molecule has 0 spiro atoms. The molecule has 2 N–H and O–H groups in total. The van der Waals surface area contributed by atoms with E-state index in [4.69, 9.17) is 15.0 Å². The predicted octanol–water partition coefficient (Wildman–Crippen LogP) is 7.89. The van der Waals surface area contributed by atoms with Gasteiger partial charge in [-0.05, 0) is 62.0 Å². The predicted molar refractivity (Wildman–Crippen MR) is 218 cm³/mol. The van der Waals surface area contributed by atoms with E-state index in [1.807, 2.05) is 71.4 Å². The van der Waals surface area contributed by atoms with Gasteiger partial charge in [0, 0.05) is 37.7 Å². The molecule has 278 valence electrons. The van der Waals surface area contributed by atoms with Crippen LogP contribution in [-0.4, -0.2) is 63.2 Å². The fraction of sp³-hybridized carbons (Fsp3) is 0.152. The largest absolute Gasteiger partial charge is 0.379 e. The SMILES string of the molecule is CC(=O)Nc1ccc(C(=O)N2CCOCC2)cc1NCc1ccc(-c2ccccc2-c2nnnn2C(c2ccccc2)(c2ccccc2)c2ccccc2)cc1. The van der Waals surface area contributed by atoms with Gasteiger partial charge >= 0.3 is 0 Å². The van der Waals surface area contributed by atoms with Crippen LogP contribution in [0.4, 0.5) is 11.4 Å². The molecule has 10 heteroatoms. The number of nitrogens with zero attached hydrogens (tertiary/aromatic N) is 5. The number of morpholine rings is 1. The Balaban J connectivity index is 1.13. The third-order valence-electron chi connectivity index (χ3n) is 10.2. The molecule has 10 nitrogen and oxygen atoms in total. The van der Waals surface area contributed by atoms with E-state index < -0.39 is 5.54 Å². The zero-order valence-electron chi connectivity index (χ0n) is 31.0. The molecule has 0 bridgehead atoms. The summed E-state index contributed by atoms with van der Waals surface area (Å²) < 4.78 is 7.38. The lowest BCUT2D eigenvalue weighted by atomic mass is 9.77. The number of carbonyl (C=O) groups is 2. The molecule has 0 unspecified atom stereocenters. The number of aromatic nitrogens is 4. The molecule has 6 aromatic carbocycles. The molecule has 1 aromatic heterocycles. The van der Waals surface area contributed by atoms with E-state index in [9.17, 15) is 9.59 Å². The molecule has 1 fully saturated rings. The van der Waals surface area contributed by atoms with Crippen LogP contribution in [0.15, 0.2) is 158 Å². The first-order chi connectivity index (χ1) is 27.5. The van der Waals surface area contributed by atoms with Gasteiger partial charge in [-0.2, -0.15) is 0 Å². The Hall–Kier alpha value is -6.91. The first kappa shape index (κ1) is 36.1. The van der Waals surface area contributed by atoms with Crippen LogP contribution < -0.4 is 10.6 Å². The van der Waals surface area contributed by atoms with Crippen LogP contribution in [0.2, 0.25) is 0 Å². The van der Waals surface area contributed by atoms with Gasteiger partial charge in [-0.1, -0.05) is 140 Å². The van der Waals surface area contributed by atoms with Gasteiger partial charge < -0.3 is 20.3 Å². The van der Waals surface area contributed by atoms with Crippen LogP contribution in [0, 0.1) is 0 Å². The average molecular weight is 740 g/mol. The molecule has 1 aliphatic rings. The summed E-state index contributed by atoms with van der Waals surface area (Å²) in [5, 5.41) is 20.1. The number of amides is 2. The van der Waals surface area contributed by atoms with Crippen LogP contribution in [0.1, 0.15) is 39.5 Å². The van der Waals surface area contributed by atoms with Gasteiger partial charge in [0.05, 0.1) is 24.6 Å². The highest BCUT2D eigenvalue weighted by Gasteiger charge is 2.42. The normalized spacial score (nSPS) is 12.9. The maximum absolute atomic E-state index is 13.3. The lowest BCUT2D eigenvalue weighted by Gasteiger charge is -2.36. The number of hydrogen-bond donors (Lipinski definition) is 2. The second-order valence-corrected chi connectivity index (χ2v) is 13.7. The fourth-order valence-corrected chi connectivity index (χ4v) is 7.49. The van der Waals surface area contributed by atoms with E-state index in [0.29, 0.717) is 55.6 Å². The molecule has 7 aromatic rings. The van der Waals surface area contributed by atoms with Crippen LogP contribution in [0.3, 0.4) is 0 Å². The minimum atomic E-state index is -0.883. The summed E-state index contributed by atoms with van der Waals surface area (Å²) in [6.45, 7) is 4.08. The van der Waals surface area contributed by atoms with Crippen molar-refractivity contribution in [1.29, 1.82) is 0 Å². The van der Waals surface area contributed by atoms with Crippen molar-refractivity contribution in [3.05, 3.63) is 186 Å². The second-order valence-electron chi connectivity index (χ2n) is 13.7. The maximum atomic E-state index is 13.3. The van der Waals surface area contributed by atoms with Crippen molar-refractivity contribution >= 4 is 23.2 Å². The Morgan fingerprint density at radius 2 is 1.25 bits per heavy atom. The minimum absolute atomic E-state index is 0.0617. The molecule has 1 saturated heterocycles. The summed E-state index contributed by atoms with van der Waals surface area (Å²) in [6.07, 6.45) is 0. The molecular formula is C46H41N7O3. The zero-order valence-corrected chi connectivity index (χ0v) is 31.0. The summed E-state index contributed by atoms with van der Waals surface area (Å²) in [5.74, 6) is 0.371. The van der Waals surface area contributed by atoms with E-state index in [0.717, 1.165) is 38.9 Å². The standard InChI is InChI=1S/C46H41N7O3/c1-33(54)48-42-26-25-36(45(55)52-27-29-56-30-28-52)31-43(42)47-32-34-21-23-35(24-22-34)40-19-11-12-20-41(40)44-49-50-51-53(44)46(37-13-5-2-6-14-37,38-15-7-3-8-16-38)39-17-9-4-10-18-39/h2-26,31,47H,27-30,32H2,1H3,(H,48,54). The zero-order chi connectivity index (χ0) is 38.3. The summed E-state index contributed by atoms with van der Waals surface area (Å²) in [5.41, 5.74) is 7.90. The van der Waals surface area contributed by atoms with Crippen LogP contribution in [0.25, 0.3) is 22.5 Å². The number of benzene rings is 6. The van der Waals surface area contributed by atoms with Gasteiger partial charge in [0.25, 0.3) is 5.91 Å². The fourth-order valence-electron chi connectivity index (χ4n) is 7.49. The molecule has 8 rings (SSSR count). The third-order valence-corrected chi connectivity index (χ3v) is 10.2. The lowest BCUT2D eigenvalue weighted by Crippen LogP contribution is -2.40. The van der Waals surface area contributed by atoms with Gasteiger partial charge in [0.1, 0.15) is 5.54 Å². The van der Waals surface area contributed by atoms with Gasteiger partial charge in [0.2, 0.25) is 5.91 Å². The summed E-state index contributed by atoms with van der Waals surface area (Å²) >= 11 is 0. The Bertz CT molecular complexity index is 2330. The first-order valence-corrected chi connectivity index (χ1v) is 18.7. The smallest absolute Gasteiger partial charge is 0.254 e. The molecule has 0 aliphatic carbocycles. The van der Waals surface area contributed by atoms with Gasteiger partial charge in [-0.25, -0.2) is 4.68 Å². The number of hydrogen-bond acceptors (Lipinski definition) is 7. The van der Waals surface area contributed by atoms with E-state index >= 15 is 0 Å². The number of anilines is 2. The molecule has 0 atom stereocenters. The Kier molecular flexibility index (Phi) is 10.5. The van der Waals surface area contributed by atoms with Crippen molar-refractivity contribution in [2.75, 3.05) is 36.9 Å². The Morgan fingerprint density at radius 1 is 0.679 bits per heavy atom. The topological polar surface area (TPSA) is 114 Å².